The van der Waals surface area contributed by atoms with E-state index in [4.69, 9.17) is 4.74 Å². The molecule has 1 N–H and O–H groups in total. The van der Waals surface area contributed by atoms with Gasteiger partial charge >= 0.3 is 0 Å². The Bertz CT molecular complexity index is 1020. The van der Waals surface area contributed by atoms with E-state index in [1.165, 1.54) is 23.5 Å². The van der Waals surface area contributed by atoms with Gasteiger partial charge in [-0.2, -0.15) is 0 Å². The Morgan fingerprint density at radius 3 is 2.45 bits per heavy atom. The number of nitrogens with zero attached hydrogens (tertiary/aromatic N) is 1. The molecule has 0 saturated heterocycles. The molecule has 1 fully saturated rings. The molecule has 29 heavy (non-hydrogen) atoms. The number of benzene rings is 2. The number of ketones is 1. The van der Waals surface area contributed by atoms with Crippen LogP contribution in [0.3, 0.4) is 0 Å². The average Bonchev–Trinajstić information content (AvgIpc) is 3.58. The van der Waals surface area contributed by atoms with Crippen LogP contribution in [0.5, 0.6) is 5.75 Å². The Morgan fingerprint density at radius 2 is 1.76 bits per heavy atom. The van der Waals surface area contributed by atoms with Gasteiger partial charge in [-0.25, -0.2) is 0 Å². The molecular weight excluding hydrogens is 364 g/mol. The summed E-state index contributed by atoms with van der Waals surface area (Å²) in [6.07, 6.45) is 4.11. The van der Waals surface area contributed by atoms with E-state index in [0.29, 0.717) is 24.0 Å². The smallest absolute Gasteiger partial charge is 0.254 e. The van der Waals surface area contributed by atoms with Crippen molar-refractivity contribution in [3.63, 3.8) is 0 Å². The van der Waals surface area contributed by atoms with Crippen LogP contribution in [-0.4, -0.2) is 16.4 Å². The summed E-state index contributed by atoms with van der Waals surface area (Å²) in [4.78, 5) is 24.9. The molecule has 148 valence electrons. The average molecular weight is 388 g/mol. The molecule has 1 aliphatic carbocycles. The summed E-state index contributed by atoms with van der Waals surface area (Å²) in [5.74, 6) is 0.404. The lowest BCUT2D eigenvalue weighted by atomic mass is 10.1. The summed E-state index contributed by atoms with van der Waals surface area (Å²) in [5, 5.41) is 3.45. The van der Waals surface area contributed by atoms with Crippen molar-refractivity contribution >= 4 is 5.78 Å². The Balaban J connectivity index is 1.34. The molecule has 5 heteroatoms. The summed E-state index contributed by atoms with van der Waals surface area (Å²) >= 11 is 0. The summed E-state index contributed by atoms with van der Waals surface area (Å²) in [7, 11) is 0. The fraction of sp³-hybridized carbons (Fsp3) is 0.250. The third-order valence-electron chi connectivity index (χ3n) is 4.98. The monoisotopic (exact) mass is 388 g/mol. The molecular formula is C24H24N2O3. The van der Waals surface area contributed by atoms with Crippen molar-refractivity contribution in [2.24, 2.45) is 0 Å². The van der Waals surface area contributed by atoms with Gasteiger partial charge in [0.25, 0.3) is 5.56 Å². The highest BCUT2D eigenvalue weighted by Crippen LogP contribution is 2.19. The fourth-order valence-corrected chi connectivity index (χ4v) is 3.06. The molecule has 3 aromatic rings. The van der Waals surface area contributed by atoms with E-state index >= 15 is 0 Å². The van der Waals surface area contributed by atoms with E-state index < -0.39 is 0 Å². The maximum absolute atomic E-state index is 12.5. The van der Waals surface area contributed by atoms with Crippen LogP contribution in [0.15, 0.2) is 77.7 Å². The second-order valence-electron chi connectivity index (χ2n) is 7.38. The number of carbonyl (C=O) groups is 1. The lowest BCUT2D eigenvalue weighted by Crippen LogP contribution is -2.23. The minimum Gasteiger partial charge on any atom is -0.489 e. The third kappa shape index (κ3) is 5.42. The number of hydrogen-bond acceptors (Lipinski definition) is 4. The van der Waals surface area contributed by atoms with Crippen LogP contribution < -0.4 is 15.6 Å². The first-order chi connectivity index (χ1) is 14.2. The molecule has 0 unspecified atom stereocenters. The number of nitrogens with one attached hydrogen (secondary N) is 1. The lowest BCUT2D eigenvalue weighted by Gasteiger charge is -2.09. The molecule has 0 amide bonds. The lowest BCUT2D eigenvalue weighted by molar-refractivity contribution is 0.0970. The zero-order valence-corrected chi connectivity index (χ0v) is 16.2. The number of aromatic nitrogens is 1. The molecule has 0 radical (unpaired) electrons. The van der Waals surface area contributed by atoms with Crippen molar-refractivity contribution in [2.45, 2.75) is 38.6 Å². The Labute approximate surface area is 170 Å². The fourth-order valence-electron chi connectivity index (χ4n) is 3.06. The Morgan fingerprint density at radius 1 is 1.00 bits per heavy atom. The summed E-state index contributed by atoms with van der Waals surface area (Å²) in [6.45, 7) is 1.23. The van der Waals surface area contributed by atoms with Gasteiger partial charge in [0.2, 0.25) is 0 Å². The van der Waals surface area contributed by atoms with Crippen LogP contribution in [-0.2, 0) is 19.7 Å². The molecule has 1 aromatic heterocycles. The normalized spacial score (nSPS) is 13.2. The van der Waals surface area contributed by atoms with Gasteiger partial charge in [-0.15, -0.1) is 0 Å². The van der Waals surface area contributed by atoms with E-state index in [-0.39, 0.29) is 17.9 Å². The highest BCUT2D eigenvalue weighted by molar-refractivity contribution is 5.95. The van der Waals surface area contributed by atoms with Crippen molar-refractivity contribution < 1.29 is 9.53 Å². The van der Waals surface area contributed by atoms with Crippen LogP contribution in [0.2, 0.25) is 0 Å². The van der Waals surface area contributed by atoms with Gasteiger partial charge in [-0.3, -0.25) is 9.59 Å². The van der Waals surface area contributed by atoms with Crippen molar-refractivity contribution in [2.75, 3.05) is 0 Å². The topological polar surface area (TPSA) is 60.3 Å². The van der Waals surface area contributed by atoms with Crippen molar-refractivity contribution in [1.29, 1.82) is 0 Å². The van der Waals surface area contributed by atoms with Gasteiger partial charge in [0.05, 0.1) is 6.54 Å². The van der Waals surface area contributed by atoms with Crippen molar-refractivity contribution in [3.8, 4) is 5.75 Å². The number of pyridine rings is 1. The predicted octanol–water partition coefficient (Wildman–Crippen LogP) is 3.56. The highest BCUT2D eigenvalue weighted by Gasteiger charge is 2.19. The quantitative estimate of drug-likeness (QED) is 0.570. The van der Waals surface area contributed by atoms with Crippen LogP contribution >= 0.6 is 0 Å². The van der Waals surface area contributed by atoms with Gasteiger partial charge in [0, 0.05) is 30.4 Å². The predicted molar refractivity (Wildman–Crippen MR) is 112 cm³/mol. The van der Waals surface area contributed by atoms with E-state index in [1.807, 2.05) is 54.6 Å². The zero-order chi connectivity index (χ0) is 20.1. The second-order valence-corrected chi connectivity index (χ2v) is 7.38. The van der Waals surface area contributed by atoms with E-state index in [0.717, 1.165) is 17.7 Å². The molecule has 5 nitrogen and oxygen atoms in total. The molecule has 1 saturated carbocycles. The molecule has 0 bridgehead atoms. The van der Waals surface area contributed by atoms with Gasteiger partial charge < -0.3 is 14.6 Å². The first-order valence-corrected chi connectivity index (χ1v) is 9.90. The Kier molecular flexibility index (Phi) is 5.86. The van der Waals surface area contributed by atoms with E-state index in [2.05, 4.69) is 5.32 Å². The number of ether oxygens (including phenoxy) is 1. The molecule has 1 heterocycles. The highest BCUT2D eigenvalue weighted by atomic mass is 16.5. The minimum atomic E-state index is -0.255. The zero-order valence-electron chi connectivity index (χ0n) is 16.2. The van der Waals surface area contributed by atoms with Gasteiger partial charge in [-0.05, 0) is 30.0 Å². The van der Waals surface area contributed by atoms with Gasteiger partial charge in [0.1, 0.15) is 12.4 Å². The largest absolute Gasteiger partial charge is 0.489 e. The number of hydrogen-bond donors (Lipinski definition) is 1. The standard InChI is InChI=1S/C24H24N2O3/c27-23(20-8-6-18(7-9-20)15-25-21-10-11-21)16-26-13-12-22(14-24(26)28)29-17-19-4-2-1-3-5-19/h1-9,12-14,21,25H,10-11,15-17H2. The van der Waals surface area contributed by atoms with Crippen LogP contribution in [0.25, 0.3) is 0 Å². The summed E-state index contributed by atoms with van der Waals surface area (Å²) < 4.78 is 7.07. The van der Waals surface area contributed by atoms with Gasteiger partial charge in [-0.1, -0.05) is 54.6 Å². The minimum absolute atomic E-state index is 0.0114. The molecule has 1 aliphatic rings. The maximum Gasteiger partial charge on any atom is 0.254 e. The number of carbonyl (C=O) groups excluding carboxylic acids is 1. The molecule has 0 atom stereocenters. The van der Waals surface area contributed by atoms with E-state index in [9.17, 15) is 9.59 Å². The number of rotatable bonds is 9. The Hall–Kier alpha value is -3.18. The van der Waals surface area contributed by atoms with Crippen LogP contribution in [0.4, 0.5) is 0 Å². The summed E-state index contributed by atoms with van der Waals surface area (Å²) in [5.41, 5.74) is 2.54. The van der Waals surface area contributed by atoms with Crippen molar-refractivity contribution in [3.05, 3.63) is 100.0 Å². The van der Waals surface area contributed by atoms with E-state index in [1.54, 1.807) is 12.3 Å². The van der Waals surface area contributed by atoms with Crippen molar-refractivity contribution in [1.82, 2.24) is 9.88 Å². The first kappa shape index (κ1) is 19.2. The maximum atomic E-state index is 12.5. The SMILES string of the molecule is O=C(Cn1ccc(OCc2ccccc2)cc1=O)c1ccc(CNC2CC2)cc1. The van der Waals surface area contributed by atoms with Crippen LogP contribution in [0, 0.1) is 0 Å². The van der Waals surface area contributed by atoms with Crippen LogP contribution in [0.1, 0.15) is 34.3 Å². The first-order valence-electron chi connectivity index (χ1n) is 9.90. The summed E-state index contributed by atoms with van der Waals surface area (Å²) in [6, 6.07) is 21.1. The second kappa shape index (κ2) is 8.88. The molecule has 4 rings (SSSR count). The van der Waals surface area contributed by atoms with Gasteiger partial charge in [0.15, 0.2) is 5.78 Å². The molecule has 2 aromatic carbocycles. The number of Topliss-reactive ketones (excluding diaryl/α,β-unsaturated/α-hetero) is 1. The third-order valence-corrected chi connectivity index (χ3v) is 4.98. The molecule has 0 aliphatic heterocycles. The molecule has 0 spiro atoms.